The van der Waals surface area contributed by atoms with Crippen molar-refractivity contribution in [3.8, 4) is 5.75 Å². The van der Waals surface area contributed by atoms with Crippen LogP contribution in [0.15, 0.2) is 17.0 Å². The molecule has 0 aliphatic rings. The van der Waals surface area contributed by atoms with Crippen molar-refractivity contribution in [3.63, 3.8) is 0 Å². The van der Waals surface area contributed by atoms with Crippen LogP contribution in [-0.4, -0.2) is 13.5 Å². The summed E-state index contributed by atoms with van der Waals surface area (Å²) in [6.45, 7) is 0. The van der Waals surface area contributed by atoms with Crippen LogP contribution in [0.3, 0.4) is 0 Å². The summed E-state index contributed by atoms with van der Waals surface area (Å²) in [5, 5.41) is 7.92. The van der Waals surface area contributed by atoms with E-state index in [2.05, 4.69) is 0 Å². The Kier molecular flexibility index (Phi) is 3.08. The van der Waals surface area contributed by atoms with E-state index in [9.17, 15) is 25.5 Å². The number of alkyl halides is 3. The summed E-state index contributed by atoms with van der Waals surface area (Å²) < 4.78 is 70.8. The zero-order chi connectivity index (χ0) is 12.7. The van der Waals surface area contributed by atoms with Crippen LogP contribution < -0.4 is 0 Å². The lowest BCUT2D eigenvalue weighted by Gasteiger charge is -2.12. The van der Waals surface area contributed by atoms with Gasteiger partial charge in [-0.05, 0) is 12.1 Å². The minimum atomic E-state index is -5.72. The Morgan fingerprint density at radius 3 is 2.06 bits per heavy atom. The molecule has 90 valence electrons. The monoisotopic (exact) mass is 278 g/mol. The van der Waals surface area contributed by atoms with E-state index < -0.39 is 37.6 Å². The predicted molar refractivity (Wildman–Crippen MR) is 46.4 cm³/mol. The van der Waals surface area contributed by atoms with E-state index in [0.717, 1.165) is 0 Å². The van der Waals surface area contributed by atoms with Gasteiger partial charge >= 0.3 is 16.4 Å². The van der Waals surface area contributed by atoms with Crippen LogP contribution >= 0.6 is 11.6 Å². The third-order valence-corrected chi connectivity index (χ3v) is 2.83. The summed E-state index contributed by atoms with van der Waals surface area (Å²) in [5.41, 5.74) is -1.92. The molecule has 0 radical (unpaired) electrons. The Morgan fingerprint density at radius 2 is 1.75 bits per heavy atom. The van der Waals surface area contributed by atoms with Gasteiger partial charge < -0.3 is 5.11 Å². The molecule has 0 aromatic heterocycles. The number of rotatable bonds is 1. The highest BCUT2D eigenvalue weighted by Gasteiger charge is 2.41. The normalized spacial score (nSPS) is 12.8. The second-order valence-corrected chi connectivity index (χ2v) is 4.40. The van der Waals surface area contributed by atoms with Crippen molar-refractivity contribution in [1.29, 1.82) is 0 Å². The Morgan fingerprint density at radius 1 is 1.25 bits per heavy atom. The fraction of sp³-hybridized carbons (Fsp3) is 0.143. The molecule has 0 heterocycles. The fourth-order valence-corrected chi connectivity index (χ4v) is 2.17. The van der Waals surface area contributed by atoms with Crippen LogP contribution in [0.5, 0.6) is 5.75 Å². The van der Waals surface area contributed by atoms with E-state index in [1.807, 2.05) is 0 Å². The topological polar surface area (TPSA) is 54.4 Å². The Bertz CT molecular complexity index is 523. The molecule has 1 aromatic rings. The first-order chi connectivity index (χ1) is 7.05. The highest BCUT2D eigenvalue weighted by Crippen LogP contribution is 2.43. The Hall–Kier alpha value is -1.02. The van der Waals surface area contributed by atoms with E-state index in [-0.39, 0.29) is 0 Å². The Balaban J connectivity index is 3.78. The standard InChI is InChI=1S/C7H3ClF4O3S/c8-3-1-2-4(13)6(16(12,14)15)5(3)7(9,10)11/h1-2,13H. The maximum absolute atomic E-state index is 12.6. The van der Waals surface area contributed by atoms with Crippen molar-refractivity contribution in [2.75, 3.05) is 0 Å². The zero-order valence-electron chi connectivity index (χ0n) is 7.22. The number of hydrogen-bond donors (Lipinski definition) is 1. The number of aromatic hydroxyl groups is 1. The third kappa shape index (κ3) is 2.38. The summed E-state index contributed by atoms with van der Waals surface area (Å²) >= 11 is 5.13. The van der Waals surface area contributed by atoms with Gasteiger partial charge in [0.05, 0.1) is 10.6 Å². The van der Waals surface area contributed by atoms with Crippen LogP contribution in [0.1, 0.15) is 5.56 Å². The van der Waals surface area contributed by atoms with Gasteiger partial charge in [0.1, 0.15) is 5.75 Å². The lowest BCUT2D eigenvalue weighted by atomic mass is 10.2. The molecule has 0 bridgehead atoms. The summed E-state index contributed by atoms with van der Waals surface area (Å²) in [6, 6.07) is 1.18. The van der Waals surface area contributed by atoms with Gasteiger partial charge in [-0.1, -0.05) is 11.6 Å². The molecule has 1 rings (SSSR count). The molecule has 0 atom stereocenters. The summed E-state index contributed by atoms with van der Waals surface area (Å²) in [6.07, 6.45) is -5.19. The summed E-state index contributed by atoms with van der Waals surface area (Å²) in [4.78, 5) is -1.87. The van der Waals surface area contributed by atoms with Crippen LogP contribution in [-0.2, 0) is 16.4 Å². The smallest absolute Gasteiger partial charge is 0.419 e. The van der Waals surface area contributed by atoms with Crippen molar-refractivity contribution in [3.05, 3.63) is 22.7 Å². The van der Waals surface area contributed by atoms with Crippen molar-refractivity contribution in [2.24, 2.45) is 0 Å². The van der Waals surface area contributed by atoms with Crippen LogP contribution in [0, 0.1) is 0 Å². The van der Waals surface area contributed by atoms with Crippen LogP contribution in [0.2, 0.25) is 5.02 Å². The van der Waals surface area contributed by atoms with E-state index in [1.54, 1.807) is 0 Å². The SMILES string of the molecule is O=S(=O)(F)c1c(O)ccc(Cl)c1C(F)(F)F. The second-order valence-electron chi connectivity index (χ2n) is 2.71. The molecule has 0 fully saturated rings. The van der Waals surface area contributed by atoms with Crippen LogP contribution in [0.4, 0.5) is 17.1 Å². The van der Waals surface area contributed by atoms with Crippen molar-refractivity contribution in [2.45, 2.75) is 11.1 Å². The first-order valence-corrected chi connectivity index (χ1v) is 5.34. The van der Waals surface area contributed by atoms with Gasteiger partial charge in [0.15, 0.2) is 4.90 Å². The average Bonchev–Trinajstić information content (AvgIpc) is 2.04. The number of phenolic OH excluding ortho intramolecular Hbond substituents is 1. The molecule has 0 spiro atoms. The van der Waals surface area contributed by atoms with E-state index in [4.69, 9.17) is 16.7 Å². The van der Waals surface area contributed by atoms with E-state index in [1.165, 1.54) is 0 Å². The largest absolute Gasteiger partial charge is 0.506 e. The maximum Gasteiger partial charge on any atom is 0.419 e. The third-order valence-electron chi connectivity index (χ3n) is 1.61. The maximum atomic E-state index is 12.6. The van der Waals surface area contributed by atoms with Crippen LogP contribution in [0.25, 0.3) is 0 Å². The first-order valence-electron chi connectivity index (χ1n) is 3.58. The predicted octanol–water partition coefficient (Wildman–Crippen LogP) is 2.72. The molecular formula is C7H3ClF4O3S. The highest BCUT2D eigenvalue weighted by atomic mass is 35.5. The van der Waals surface area contributed by atoms with Crippen molar-refractivity contribution >= 4 is 21.8 Å². The molecule has 3 nitrogen and oxygen atoms in total. The fourth-order valence-electron chi connectivity index (χ4n) is 1.06. The molecule has 0 saturated heterocycles. The molecular weight excluding hydrogens is 276 g/mol. The molecule has 9 heteroatoms. The number of benzene rings is 1. The molecule has 1 N–H and O–H groups in total. The minimum Gasteiger partial charge on any atom is -0.506 e. The quantitative estimate of drug-likeness (QED) is 0.635. The molecule has 0 saturated carbocycles. The molecule has 0 unspecified atom stereocenters. The molecule has 0 amide bonds. The lowest BCUT2D eigenvalue weighted by Crippen LogP contribution is -2.12. The van der Waals surface area contributed by atoms with Gasteiger partial charge in [-0.15, -0.1) is 3.89 Å². The highest BCUT2D eigenvalue weighted by molar-refractivity contribution is 7.86. The van der Waals surface area contributed by atoms with Gasteiger partial charge in [-0.3, -0.25) is 0 Å². The summed E-state index contributed by atoms with van der Waals surface area (Å²) in [7, 11) is -5.72. The molecule has 0 aliphatic carbocycles. The number of hydrogen-bond acceptors (Lipinski definition) is 3. The average molecular weight is 279 g/mol. The van der Waals surface area contributed by atoms with Gasteiger partial charge in [0.25, 0.3) is 0 Å². The molecule has 0 aliphatic heterocycles. The second kappa shape index (κ2) is 3.77. The van der Waals surface area contributed by atoms with Gasteiger partial charge in [-0.25, -0.2) is 0 Å². The zero-order valence-corrected chi connectivity index (χ0v) is 8.79. The molecule has 1 aromatic carbocycles. The van der Waals surface area contributed by atoms with Gasteiger partial charge in [-0.2, -0.15) is 21.6 Å². The first kappa shape index (κ1) is 13.0. The van der Waals surface area contributed by atoms with Crippen molar-refractivity contribution in [1.82, 2.24) is 0 Å². The van der Waals surface area contributed by atoms with E-state index >= 15 is 0 Å². The number of phenols is 1. The minimum absolute atomic E-state index is 0.560. The molecule has 16 heavy (non-hydrogen) atoms. The lowest BCUT2D eigenvalue weighted by molar-refractivity contribution is -0.140. The van der Waals surface area contributed by atoms with Gasteiger partial charge in [0.2, 0.25) is 0 Å². The number of halogens is 5. The Labute approximate surface area is 92.5 Å². The van der Waals surface area contributed by atoms with Gasteiger partial charge in [0, 0.05) is 0 Å². The van der Waals surface area contributed by atoms with E-state index in [0.29, 0.717) is 12.1 Å². The van der Waals surface area contributed by atoms with Crippen molar-refractivity contribution < 1.29 is 30.6 Å². The summed E-state index contributed by atoms with van der Waals surface area (Å²) in [5.74, 6) is -1.35.